The van der Waals surface area contributed by atoms with Crippen molar-refractivity contribution in [1.82, 2.24) is 15.1 Å². The first-order chi connectivity index (χ1) is 10.8. The number of hydrogen-bond acceptors (Lipinski definition) is 3. The molecule has 126 valence electrons. The molecule has 4 nitrogen and oxygen atoms in total. The first kappa shape index (κ1) is 16.7. The molecule has 1 amide bonds. The van der Waals surface area contributed by atoms with Crippen molar-refractivity contribution in [2.75, 3.05) is 39.3 Å². The van der Waals surface area contributed by atoms with Gasteiger partial charge in [-0.3, -0.25) is 9.69 Å². The SMILES string of the molecule is Cl.O=C(c1cccc2c1CCC2)N1CCC(N2CCNCC2)C1. The predicted molar refractivity (Wildman–Crippen MR) is 94.5 cm³/mol. The van der Waals surface area contributed by atoms with Crippen LogP contribution >= 0.6 is 12.4 Å². The van der Waals surface area contributed by atoms with E-state index < -0.39 is 0 Å². The molecule has 0 bridgehead atoms. The van der Waals surface area contributed by atoms with E-state index in [1.807, 2.05) is 6.07 Å². The third kappa shape index (κ3) is 3.25. The molecule has 0 aromatic heterocycles. The maximum atomic E-state index is 12.9. The molecule has 1 aliphatic carbocycles. The molecule has 1 unspecified atom stereocenters. The number of nitrogens with one attached hydrogen (secondary N) is 1. The fourth-order valence-electron chi connectivity index (χ4n) is 4.26. The van der Waals surface area contributed by atoms with Gasteiger partial charge in [-0.25, -0.2) is 0 Å². The normalized spacial score (nSPS) is 24.3. The maximum Gasteiger partial charge on any atom is 0.254 e. The van der Waals surface area contributed by atoms with Gasteiger partial charge in [-0.2, -0.15) is 0 Å². The van der Waals surface area contributed by atoms with Crippen LogP contribution in [0.25, 0.3) is 0 Å². The lowest BCUT2D eigenvalue weighted by molar-refractivity contribution is 0.0772. The number of fused-ring (bicyclic) bond motifs is 1. The Morgan fingerprint density at radius 1 is 1.13 bits per heavy atom. The molecule has 5 heteroatoms. The minimum Gasteiger partial charge on any atom is -0.337 e. The van der Waals surface area contributed by atoms with E-state index in [4.69, 9.17) is 0 Å². The molecule has 2 saturated heterocycles. The molecular weight excluding hydrogens is 310 g/mol. The molecule has 0 radical (unpaired) electrons. The molecule has 4 rings (SSSR count). The number of likely N-dealkylation sites (tertiary alicyclic amines) is 1. The van der Waals surface area contributed by atoms with Crippen LogP contribution in [0.5, 0.6) is 0 Å². The summed E-state index contributed by atoms with van der Waals surface area (Å²) in [4.78, 5) is 17.6. The molecule has 1 N–H and O–H groups in total. The number of aryl methyl sites for hydroxylation is 1. The quantitative estimate of drug-likeness (QED) is 0.894. The van der Waals surface area contributed by atoms with E-state index in [9.17, 15) is 4.79 Å². The fraction of sp³-hybridized carbons (Fsp3) is 0.611. The Kier molecular flexibility index (Phi) is 5.24. The van der Waals surface area contributed by atoms with Gasteiger partial charge in [-0.15, -0.1) is 12.4 Å². The number of halogens is 1. The average molecular weight is 336 g/mol. The minimum absolute atomic E-state index is 0. The lowest BCUT2D eigenvalue weighted by Crippen LogP contribution is -2.49. The summed E-state index contributed by atoms with van der Waals surface area (Å²) in [6, 6.07) is 6.83. The minimum atomic E-state index is 0. The van der Waals surface area contributed by atoms with E-state index in [1.165, 1.54) is 17.5 Å². The molecular formula is C18H26ClN3O. The van der Waals surface area contributed by atoms with Crippen LogP contribution in [0.4, 0.5) is 0 Å². The zero-order valence-electron chi connectivity index (χ0n) is 13.6. The third-order valence-corrected chi connectivity index (χ3v) is 5.49. The standard InChI is InChI=1S/C18H25N3O.ClH/c22-18(17-6-2-4-14-3-1-5-16(14)17)21-10-7-15(13-21)20-11-8-19-9-12-20;/h2,4,6,15,19H,1,3,5,7-13H2;1H. The number of carbonyl (C=O) groups excluding carboxylic acids is 1. The van der Waals surface area contributed by atoms with Crippen LogP contribution in [0.1, 0.15) is 34.3 Å². The number of hydrogen-bond donors (Lipinski definition) is 1. The predicted octanol–water partition coefficient (Wildman–Crippen LogP) is 1.72. The van der Waals surface area contributed by atoms with E-state index in [0.717, 1.165) is 64.1 Å². The Morgan fingerprint density at radius 2 is 1.96 bits per heavy atom. The largest absolute Gasteiger partial charge is 0.337 e. The van der Waals surface area contributed by atoms with Gasteiger partial charge < -0.3 is 10.2 Å². The molecule has 2 aliphatic heterocycles. The van der Waals surface area contributed by atoms with E-state index in [0.29, 0.717) is 6.04 Å². The average Bonchev–Trinajstić information content (AvgIpc) is 3.24. The Hall–Kier alpha value is -1.10. The zero-order chi connectivity index (χ0) is 14.9. The van der Waals surface area contributed by atoms with Crippen molar-refractivity contribution in [2.45, 2.75) is 31.7 Å². The smallest absolute Gasteiger partial charge is 0.254 e. The molecule has 3 aliphatic rings. The van der Waals surface area contributed by atoms with Crippen molar-refractivity contribution in [2.24, 2.45) is 0 Å². The third-order valence-electron chi connectivity index (χ3n) is 5.49. The molecule has 23 heavy (non-hydrogen) atoms. The summed E-state index contributed by atoms with van der Waals surface area (Å²) in [6.45, 7) is 6.22. The van der Waals surface area contributed by atoms with Gasteiger partial charge in [0.05, 0.1) is 0 Å². The van der Waals surface area contributed by atoms with E-state index in [2.05, 4.69) is 27.2 Å². The molecule has 1 aromatic carbocycles. The van der Waals surface area contributed by atoms with Crippen LogP contribution in [0.15, 0.2) is 18.2 Å². The molecule has 1 aromatic rings. The second-order valence-corrected chi connectivity index (χ2v) is 6.78. The van der Waals surface area contributed by atoms with Crippen molar-refractivity contribution in [1.29, 1.82) is 0 Å². The molecule has 1 atom stereocenters. The Balaban J connectivity index is 0.00000156. The molecule has 0 spiro atoms. The summed E-state index contributed by atoms with van der Waals surface area (Å²) in [5.74, 6) is 0.261. The van der Waals surface area contributed by atoms with Crippen molar-refractivity contribution < 1.29 is 4.79 Å². The Morgan fingerprint density at radius 3 is 2.78 bits per heavy atom. The highest BCUT2D eigenvalue weighted by molar-refractivity contribution is 5.96. The monoisotopic (exact) mass is 335 g/mol. The first-order valence-corrected chi connectivity index (χ1v) is 8.68. The number of piperazine rings is 1. The van der Waals surface area contributed by atoms with Crippen molar-refractivity contribution in [3.8, 4) is 0 Å². The number of benzene rings is 1. The number of nitrogens with zero attached hydrogens (tertiary/aromatic N) is 2. The number of carbonyl (C=O) groups is 1. The summed E-state index contributed by atoms with van der Waals surface area (Å²) < 4.78 is 0. The van der Waals surface area contributed by atoms with E-state index >= 15 is 0 Å². The van der Waals surface area contributed by atoms with Gasteiger partial charge in [0.2, 0.25) is 0 Å². The van der Waals surface area contributed by atoms with Crippen LogP contribution in [0, 0.1) is 0 Å². The summed E-state index contributed by atoms with van der Waals surface area (Å²) in [5, 5.41) is 3.40. The van der Waals surface area contributed by atoms with Gasteiger partial charge in [-0.1, -0.05) is 12.1 Å². The Bertz CT molecular complexity index is 571. The van der Waals surface area contributed by atoms with Gasteiger partial charge in [0.25, 0.3) is 5.91 Å². The first-order valence-electron chi connectivity index (χ1n) is 8.68. The van der Waals surface area contributed by atoms with Crippen molar-refractivity contribution >= 4 is 18.3 Å². The topological polar surface area (TPSA) is 35.6 Å². The van der Waals surface area contributed by atoms with Gasteiger partial charge >= 0.3 is 0 Å². The summed E-state index contributed by atoms with van der Waals surface area (Å²) in [6.07, 6.45) is 4.54. The number of rotatable bonds is 2. The highest BCUT2D eigenvalue weighted by Gasteiger charge is 2.32. The summed E-state index contributed by atoms with van der Waals surface area (Å²) in [7, 11) is 0. The van der Waals surface area contributed by atoms with Crippen LogP contribution in [-0.4, -0.2) is 61.0 Å². The van der Waals surface area contributed by atoms with E-state index in [1.54, 1.807) is 0 Å². The van der Waals surface area contributed by atoms with Gasteiger partial charge in [0.15, 0.2) is 0 Å². The fourth-order valence-corrected chi connectivity index (χ4v) is 4.26. The van der Waals surface area contributed by atoms with Crippen LogP contribution in [0.2, 0.25) is 0 Å². The summed E-state index contributed by atoms with van der Waals surface area (Å²) >= 11 is 0. The van der Waals surface area contributed by atoms with Crippen LogP contribution in [0.3, 0.4) is 0 Å². The van der Waals surface area contributed by atoms with Gasteiger partial charge in [-0.05, 0) is 42.9 Å². The zero-order valence-corrected chi connectivity index (χ0v) is 14.4. The lowest BCUT2D eigenvalue weighted by atomic mass is 10.0. The summed E-state index contributed by atoms with van der Waals surface area (Å²) in [5.41, 5.74) is 3.68. The van der Waals surface area contributed by atoms with Crippen molar-refractivity contribution in [3.63, 3.8) is 0 Å². The second kappa shape index (κ2) is 7.20. The van der Waals surface area contributed by atoms with Gasteiger partial charge in [0.1, 0.15) is 0 Å². The molecule has 2 fully saturated rings. The molecule has 2 heterocycles. The Labute approximate surface area is 144 Å². The second-order valence-electron chi connectivity index (χ2n) is 6.78. The van der Waals surface area contributed by atoms with Gasteiger partial charge in [0, 0.05) is 50.9 Å². The van der Waals surface area contributed by atoms with E-state index in [-0.39, 0.29) is 18.3 Å². The highest BCUT2D eigenvalue weighted by Crippen LogP contribution is 2.27. The number of amides is 1. The lowest BCUT2D eigenvalue weighted by Gasteiger charge is -2.32. The van der Waals surface area contributed by atoms with Crippen LogP contribution < -0.4 is 5.32 Å². The molecule has 0 saturated carbocycles. The maximum absolute atomic E-state index is 12.9. The van der Waals surface area contributed by atoms with Crippen LogP contribution in [-0.2, 0) is 12.8 Å². The highest BCUT2D eigenvalue weighted by atomic mass is 35.5. The van der Waals surface area contributed by atoms with Crippen molar-refractivity contribution in [3.05, 3.63) is 34.9 Å².